The number of nitro groups is 1. The van der Waals surface area contributed by atoms with E-state index in [1.54, 1.807) is 33.8 Å². The maximum atomic E-state index is 12.8. The third-order valence-corrected chi connectivity index (χ3v) is 5.35. The SMILES string of the molecule is COC(=O)/C(=C1/O[C@@H]([C@H]2COC(C)(C)O2)[C@H]2OC(C)(C)O[C@@H]12)c1cccc([N+](=O)[O-])c1. The van der Waals surface area contributed by atoms with E-state index in [-0.39, 0.29) is 29.2 Å². The van der Waals surface area contributed by atoms with Crippen LogP contribution in [0.15, 0.2) is 30.0 Å². The molecule has 168 valence electrons. The number of nitro benzene ring substituents is 1. The van der Waals surface area contributed by atoms with Crippen LogP contribution < -0.4 is 0 Å². The van der Waals surface area contributed by atoms with Crippen LogP contribution in [0.3, 0.4) is 0 Å². The fraction of sp³-hybridized carbons (Fsp3) is 0.571. The summed E-state index contributed by atoms with van der Waals surface area (Å²) in [7, 11) is 1.23. The highest BCUT2D eigenvalue weighted by Gasteiger charge is 2.59. The van der Waals surface area contributed by atoms with Crippen molar-refractivity contribution < 1.29 is 38.1 Å². The molecule has 4 rings (SSSR count). The van der Waals surface area contributed by atoms with Crippen LogP contribution in [0.25, 0.3) is 5.57 Å². The van der Waals surface area contributed by atoms with Crippen LogP contribution in [-0.4, -0.2) is 60.6 Å². The summed E-state index contributed by atoms with van der Waals surface area (Å²) < 4.78 is 35.0. The summed E-state index contributed by atoms with van der Waals surface area (Å²) in [6, 6.07) is 5.71. The van der Waals surface area contributed by atoms with Gasteiger partial charge in [-0.3, -0.25) is 10.1 Å². The van der Waals surface area contributed by atoms with Gasteiger partial charge < -0.3 is 28.4 Å². The zero-order chi connectivity index (χ0) is 22.6. The fourth-order valence-corrected chi connectivity index (χ4v) is 4.12. The van der Waals surface area contributed by atoms with E-state index in [0.29, 0.717) is 0 Å². The minimum Gasteiger partial charge on any atom is -0.485 e. The van der Waals surface area contributed by atoms with Crippen LogP contribution in [-0.2, 0) is 33.2 Å². The van der Waals surface area contributed by atoms with Crippen LogP contribution >= 0.6 is 0 Å². The van der Waals surface area contributed by atoms with E-state index in [2.05, 4.69) is 0 Å². The summed E-state index contributed by atoms with van der Waals surface area (Å²) in [5.41, 5.74) is 0.166. The molecule has 10 heteroatoms. The summed E-state index contributed by atoms with van der Waals surface area (Å²) in [5, 5.41) is 11.3. The van der Waals surface area contributed by atoms with Gasteiger partial charge in [0.05, 0.1) is 18.6 Å². The maximum absolute atomic E-state index is 12.8. The van der Waals surface area contributed by atoms with Crippen LogP contribution in [0.4, 0.5) is 5.69 Å². The largest absolute Gasteiger partial charge is 0.485 e. The number of rotatable bonds is 4. The standard InChI is InChI=1S/C21H25NO9/c1-20(2)27-10-13(29-20)15-17-18(31-21(3,4)30-17)16(28-15)14(19(23)26-5)11-7-6-8-12(9-11)22(24)25/h6-9,13,15,17-18H,10H2,1-5H3/b16-14+/t13-,15+,17-,18+/m1/s1. The molecule has 3 saturated heterocycles. The number of non-ortho nitro benzene ring substituents is 1. The van der Waals surface area contributed by atoms with Crippen molar-refractivity contribution in [2.45, 2.75) is 63.7 Å². The number of nitrogens with zero attached hydrogens (tertiary/aromatic N) is 1. The Balaban J connectivity index is 1.80. The van der Waals surface area contributed by atoms with E-state index in [9.17, 15) is 14.9 Å². The highest BCUT2D eigenvalue weighted by atomic mass is 16.8. The first-order chi connectivity index (χ1) is 14.5. The number of carbonyl (C=O) groups is 1. The number of methoxy groups -OCH3 is 1. The molecule has 0 saturated carbocycles. The summed E-state index contributed by atoms with van der Waals surface area (Å²) in [4.78, 5) is 23.5. The second-order valence-electron chi connectivity index (χ2n) is 8.51. The molecule has 0 N–H and O–H groups in total. The molecule has 3 aliphatic heterocycles. The monoisotopic (exact) mass is 435 g/mol. The maximum Gasteiger partial charge on any atom is 0.342 e. The first kappa shape index (κ1) is 21.7. The van der Waals surface area contributed by atoms with Gasteiger partial charge in [-0.05, 0) is 33.3 Å². The minimum absolute atomic E-state index is 0.0446. The van der Waals surface area contributed by atoms with Crippen molar-refractivity contribution in [2.75, 3.05) is 13.7 Å². The lowest BCUT2D eigenvalue weighted by Crippen LogP contribution is -2.40. The van der Waals surface area contributed by atoms with Gasteiger partial charge in [-0.2, -0.15) is 0 Å². The molecule has 3 aliphatic rings. The number of fused-ring (bicyclic) bond motifs is 1. The van der Waals surface area contributed by atoms with E-state index >= 15 is 0 Å². The number of carbonyl (C=O) groups excluding carboxylic acids is 1. The molecule has 3 heterocycles. The first-order valence-electron chi connectivity index (χ1n) is 9.93. The first-order valence-corrected chi connectivity index (χ1v) is 9.93. The molecule has 0 aliphatic carbocycles. The average Bonchev–Trinajstić information content (AvgIpc) is 3.32. The Kier molecular flexibility index (Phi) is 5.29. The van der Waals surface area contributed by atoms with Crippen LogP contribution in [0.1, 0.15) is 33.3 Å². The van der Waals surface area contributed by atoms with Crippen molar-refractivity contribution in [3.63, 3.8) is 0 Å². The molecule has 4 atom stereocenters. The molecule has 31 heavy (non-hydrogen) atoms. The second-order valence-corrected chi connectivity index (χ2v) is 8.51. The van der Waals surface area contributed by atoms with Crippen molar-refractivity contribution in [3.05, 3.63) is 45.7 Å². The zero-order valence-electron chi connectivity index (χ0n) is 17.9. The van der Waals surface area contributed by atoms with E-state index < -0.39 is 46.9 Å². The van der Waals surface area contributed by atoms with Crippen LogP contribution in [0.5, 0.6) is 0 Å². The van der Waals surface area contributed by atoms with E-state index in [0.717, 1.165) is 0 Å². The summed E-state index contributed by atoms with van der Waals surface area (Å²) in [5.74, 6) is -2.22. The Morgan fingerprint density at radius 1 is 1.13 bits per heavy atom. The van der Waals surface area contributed by atoms with Crippen molar-refractivity contribution >= 4 is 17.2 Å². The second kappa shape index (κ2) is 7.56. The topological polar surface area (TPSA) is 116 Å². The molecule has 0 unspecified atom stereocenters. The Hall–Kier alpha value is -2.53. The van der Waals surface area contributed by atoms with E-state index in [4.69, 9.17) is 28.4 Å². The predicted octanol–water partition coefficient (Wildman–Crippen LogP) is 2.55. The van der Waals surface area contributed by atoms with Gasteiger partial charge in [-0.25, -0.2) is 4.79 Å². The molecule has 10 nitrogen and oxygen atoms in total. The van der Waals surface area contributed by atoms with Gasteiger partial charge in [-0.1, -0.05) is 12.1 Å². The smallest absolute Gasteiger partial charge is 0.342 e. The summed E-state index contributed by atoms with van der Waals surface area (Å²) >= 11 is 0. The lowest BCUT2D eigenvalue weighted by Gasteiger charge is -2.26. The molecular formula is C21H25NO9. The highest BCUT2D eigenvalue weighted by molar-refractivity contribution is 6.17. The van der Waals surface area contributed by atoms with Crippen molar-refractivity contribution in [1.82, 2.24) is 0 Å². The number of esters is 1. The predicted molar refractivity (Wildman–Crippen MR) is 106 cm³/mol. The van der Waals surface area contributed by atoms with Gasteiger partial charge in [0.15, 0.2) is 17.7 Å². The van der Waals surface area contributed by atoms with Gasteiger partial charge in [0.25, 0.3) is 5.69 Å². The number of hydrogen-bond acceptors (Lipinski definition) is 9. The van der Waals surface area contributed by atoms with Gasteiger partial charge in [0.1, 0.15) is 29.6 Å². The Bertz CT molecular complexity index is 939. The molecule has 1 aromatic rings. The lowest BCUT2D eigenvalue weighted by atomic mass is 9.99. The Labute approximate surface area is 179 Å². The fourth-order valence-electron chi connectivity index (χ4n) is 4.12. The van der Waals surface area contributed by atoms with Crippen LogP contribution in [0.2, 0.25) is 0 Å². The average molecular weight is 435 g/mol. The Morgan fingerprint density at radius 3 is 2.48 bits per heavy atom. The summed E-state index contributed by atoms with van der Waals surface area (Å²) in [6.07, 6.45) is -2.35. The molecule has 3 fully saturated rings. The summed E-state index contributed by atoms with van der Waals surface area (Å²) in [6.45, 7) is 7.41. The number of benzene rings is 1. The van der Waals surface area contributed by atoms with Crippen molar-refractivity contribution in [3.8, 4) is 0 Å². The minimum atomic E-state index is -0.929. The van der Waals surface area contributed by atoms with Gasteiger partial charge >= 0.3 is 5.97 Å². The zero-order valence-corrected chi connectivity index (χ0v) is 17.9. The van der Waals surface area contributed by atoms with Crippen molar-refractivity contribution in [1.29, 1.82) is 0 Å². The molecular weight excluding hydrogens is 410 g/mol. The molecule has 0 radical (unpaired) electrons. The molecule has 0 spiro atoms. The Morgan fingerprint density at radius 2 is 1.87 bits per heavy atom. The third-order valence-electron chi connectivity index (χ3n) is 5.35. The normalized spacial score (nSPS) is 32.3. The molecule has 0 bridgehead atoms. The lowest BCUT2D eigenvalue weighted by molar-refractivity contribution is -0.384. The quantitative estimate of drug-likeness (QED) is 0.304. The molecule has 0 amide bonds. The molecule has 1 aromatic carbocycles. The van der Waals surface area contributed by atoms with Crippen LogP contribution in [0, 0.1) is 10.1 Å². The van der Waals surface area contributed by atoms with Gasteiger partial charge in [0.2, 0.25) is 0 Å². The van der Waals surface area contributed by atoms with Crippen molar-refractivity contribution in [2.24, 2.45) is 0 Å². The molecule has 0 aromatic heterocycles. The number of ether oxygens (including phenoxy) is 6. The van der Waals surface area contributed by atoms with E-state index in [1.807, 2.05) is 0 Å². The number of hydrogen-bond donors (Lipinski definition) is 0. The van der Waals surface area contributed by atoms with Gasteiger partial charge in [0, 0.05) is 12.1 Å². The highest BCUT2D eigenvalue weighted by Crippen LogP contribution is 2.46. The third kappa shape index (κ3) is 4.03. The van der Waals surface area contributed by atoms with Gasteiger partial charge in [-0.15, -0.1) is 0 Å². The van der Waals surface area contributed by atoms with E-state index in [1.165, 1.54) is 25.3 Å².